The summed E-state index contributed by atoms with van der Waals surface area (Å²) >= 11 is 1.44. The van der Waals surface area contributed by atoms with Gasteiger partial charge in [0.2, 0.25) is 11.7 Å². The minimum atomic E-state index is -0.383. The second-order valence-corrected chi connectivity index (χ2v) is 6.77. The summed E-state index contributed by atoms with van der Waals surface area (Å²) in [5, 5.41) is 9.84. The summed E-state index contributed by atoms with van der Waals surface area (Å²) in [7, 11) is 0. The summed E-state index contributed by atoms with van der Waals surface area (Å²) < 4.78 is 6.19. The van der Waals surface area contributed by atoms with Crippen LogP contribution in [0.15, 0.2) is 47.2 Å². The molecule has 0 saturated heterocycles. The average molecular weight is 380 g/mol. The van der Waals surface area contributed by atoms with E-state index in [9.17, 15) is 4.79 Å². The van der Waals surface area contributed by atoms with Gasteiger partial charge in [0.15, 0.2) is 5.13 Å². The van der Waals surface area contributed by atoms with Crippen LogP contribution in [0, 0.1) is 0 Å². The van der Waals surface area contributed by atoms with Gasteiger partial charge in [-0.05, 0) is 36.2 Å². The van der Waals surface area contributed by atoms with Crippen LogP contribution in [0.5, 0.6) is 0 Å². The third-order valence-corrected chi connectivity index (χ3v) is 4.80. The maximum atomic E-state index is 12.1. The molecule has 3 aromatic heterocycles. The third kappa shape index (κ3) is 3.93. The lowest BCUT2D eigenvalue weighted by Crippen LogP contribution is -2.28. The van der Waals surface area contributed by atoms with Gasteiger partial charge in [0, 0.05) is 18.0 Å². The Balaban J connectivity index is 1.37. The van der Waals surface area contributed by atoms with Crippen LogP contribution in [0.4, 0.5) is 9.93 Å². The van der Waals surface area contributed by atoms with Gasteiger partial charge in [0.1, 0.15) is 0 Å². The van der Waals surface area contributed by atoms with Crippen molar-refractivity contribution in [3.05, 3.63) is 54.2 Å². The Morgan fingerprint density at radius 2 is 2.19 bits per heavy atom. The van der Waals surface area contributed by atoms with Gasteiger partial charge >= 0.3 is 6.03 Å². The number of pyridine rings is 1. The molecular formula is C18H16N6O2S. The number of rotatable bonds is 5. The van der Waals surface area contributed by atoms with Gasteiger partial charge in [-0.3, -0.25) is 10.3 Å². The normalized spacial score (nSPS) is 10.9. The fourth-order valence-electron chi connectivity index (χ4n) is 2.48. The molecule has 136 valence electrons. The molecule has 27 heavy (non-hydrogen) atoms. The van der Waals surface area contributed by atoms with Crippen molar-refractivity contribution in [3.8, 4) is 11.4 Å². The first kappa shape index (κ1) is 17.1. The van der Waals surface area contributed by atoms with E-state index in [2.05, 4.69) is 43.7 Å². The van der Waals surface area contributed by atoms with Crippen molar-refractivity contribution >= 4 is 32.7 Å². The second-order valence-electron chi connectivity index (χ2n) is 5.74. The molecule has 0 atom stereocenters. The number of urea groups is 1. The van der Waals surface area contributed by atoms with Gasteiger partial charge in [0.25, 0.3) is 0 Å². The predicted molar refractivity (Wildman–Crippen MR) is 102 cm³/mol. The van der Waals surface area contributed by atoms with E-state index in [1.165, 1.54) is 16.9 Å². The Labute approximate surface area is 158 Å². The van der Waals surface area contributed by atoms with Crippen molar-refractivity contribution < 1.29 is 9.32 Å². The first-order chi connectivity index (χ1) is 13.2. The van der Waals surface area contributed by atoms with Crippen molar-refractivity contribution in [3.63, 3.8) is 0 Å². The molecule has 9 heteroatoms. The molecule has 0 spiro atoms. The monoisotopic (exact) mass is 380 g/mol. The molecular weight excluding hydrogens is 364 g/mol. The number of thiazole rings is 1. The lowest BCUT2D eigenvalue weighted by atomic mass is 10.2. The first-order valence-electron chi connectivity index (χ1n) is 8.38. The number of hydrogen-bond acceptors (Lipinski definition) is 7. The quantitative estimate of drug-likeness (QED) is 0.548. The van der Waals surface area contributed by atoms with Gasteiger partial charge in [-0.2, -0.15) is 4.98 Å². The molecule has 2 amide bonds. The van der Waals surface area contributed by atoms with Crippen molar-refractivity contribution in [2.24, 2.45) is 0 Å². The summed E-state index contributed by atoms with van der Waals surface area (Å²) in [5.41, 5.74) is 2.85. The minimum absolute atomic E-state index is 0.115. The fourth-order valence-corrected chi connectivity index (χ4v) is 3.40. The van der Waals surface area contributed by atoms with E-state index in [1.807, 2.05) is 18.2 Å². The topological polar surface area (TPSA) is 106 Å². The highest BCUT2D eigenvalue weighted by molar-refractivity contribution is 7.22. The number of aromatic nitrogens is 4. The summed E-state index contributed by atoms with van der Waals surface area (Å²) in [6.45, 7) is 2.22. The summed E-state index contributed by atoms with van der Waals surface area (Å²) in [6, 6.07) is 9.34. The standard InChI is InChI=1S/C18H16N6O2S/c1-2-11-5-6-13-14(8-11)27-18(21-13)23-17(25)20-10-15-22-16(24-26-15)12-4-3-7-19-9-12/h3-9H,2,10H2,1H3,(H2,20,21,23,25). The lowest BCUT2D eigenvalue weighted by molar-refractivity contribution is 0.249. The Morgan fingerprint density at radius 1 is 1.26 bits per heavy atom. The van der Waals surface area contributed by atoms with Crippen LogP contribution in [0.25, 0.3) is 21.6 Å². The molecule has 1 aromatic carbocycles. The van der Waals surface area contributed by atoms with Crippen molar-refractivity contribution in [1.82, 2.24) is 25.4 Å². The van der Waals surface area contributed by atoms with E-state index in [1.54, 1.807) is 18.5 Å². The summed E-state index contributed by atoms with van der Waals surface area (Å²) in [4.78, 5) is 24.8. The predicted octanol–water partition coefficient (Wildman–Crippen LogP) is 3.63. The van der Waals surface area contributed by atoms with Crippen molar-refractivity contribution in [2.75, 3.05) is 5.32 Å². The van der Waals surface area contributed by atoms with Crippen LogP contribution in [-0.2, 0) is 13.0 Å². The lowest BCUT2D eigenvalue weighted by Gasteiger charge is -2.01. The second kappa shape index (κ2) is 7.50. The van der Waals surface area contributed by atoms with Gasteiger partial charge in [-0.25, -0.2) is 9.78 Å². The number of anilines is 1. The van der Waals surface area contributed by atoms with E-state index in [4.69, 9.17) is 4.52 Å². The Kier molecular flexibility index (Phi) is 4.75. The molecule has 0 saturated carbocycles. The fraction of sp³-hybridized carbons (Fsp3) is 0.167. The SMILES string of the molecule is CCc1ccc2nc(NC(=O)NCc3nc(-c4cccnc4)no3)sc2c1. The van der Waals surface area contributed by atoms with Crippen LogP contribution in [0.1, 0.15) is 18.4 Å². The molecule has 0 aliphatic heterocycles. The van der Waals surface area contributed by atoms with Crippen LogP contribution in [0.3, 0.4) is 0 Å². The molecule has 3 heterocycles. The highest BCUT2D eigenvalue weighted by Crippen LogP contribution is 2.26. The number of nitrogens with zero attached hydrogens (tertiary/aromatic N) is 4. The number of aryl methyl sites for hydroxylation is 1. The molecule has 0 bridgehead atoms. The zero-order valence-corrected chi connectivity index (χ0v) is 15.3. The molecule has 0 aliphatic rings. The number of carbonyl (C=O) groups excluding carboxylic acids is 1. The van der Waals surface area contributed by atoms with Gasteiger partial charge in [0.05, 0.1) is 16.8 Å². The molecule has 2 N–H and O–H groups in total. The van der Waals surface area contributed by atoms with Gasteiger partial charge < -0.3 is 9.84 Å². The highest BCUT2D eigenvalue weighted by Gasteiger charge is 2.11. The Morgan fingerprint density at radius 3 is 3.00 bits per heavy atom. The van der Waals surface area contributed by atoms with Gasteiger partial charge in [-0.1, -0.05) is 29.5 Å². The van der Waals surface area contributed by atoms with Crippen LogP contribution >= 0.6 is 11.3 Å². The molecule has 8 nitrogen and oxygen atoms in total. The summed E-state index contributed by atoms with van der Waals surface area (Å²) in [5.74, 6) is 0.735. The zero-order chi connectivity index (χ0) is 18.6. The van der Waals surface area contributed by atoms with Crippen molar-refractivity contribution in [2.45, 2.75) is 19.9 Å². The third-order valence-electron chi connectivity index (χ3n) is 3.87. The van der Waals surface area contributed by atoms with E-state index in [0.717, 1.165) is 22.2 Å². The average Bonchev–Trinajstić information content (AvgIpc) is 3.33. The maximum absolute atomic E-state index is 12.1. The van der Waals surface area contributed by atoms with Crippen molar-refractivity contribution in [1.29, 1.82) is 0 Å². The molecule has 0 radical (unpaired) electrons. The van der Waals surface area contributed by atoms with Crippen LogP contribution in [-0.4, -0.2) is 26.1 Å². The van der Waals surface area contributed by atoms with E-state index in [0.29, 0.717) is 16.8 Å². The van der Waals surface area contributed by atoms with E-state index < -0.39 is 0 Å². The number of hydrogen-bond donors (Lipinski definition) is 2. The molecule has 4 rings (SSSR count). The molecule has 0 fully saturated rings. The number of benzene rings is 1. The maximum Gasteiger partial charge on any atom is 0.321 e. The Bertz CT molecular complexity index is 1080. The summed E-state index contributed by atoms with van der Waals surface area (Å²) in [6.07, 6.45) is 4.27. The number of nitrogens with one attached hydrogen (secondary N) is 2. The Hall–Kier alpha value is -3.33. The number of carbonyl (C=O) groups is 1. The van der Waals surface area contributed by atoms with Crippen LogP contribution < -0.4 is 10.6 Å². The zero-order valence-electron chi connectivity index (χ0n) is 14.5. The minimum Gasteiger partial charge on any atom is -0.337 e. The van der Waals surface area contributed by atoms with E-state index in [-0.39, 0.29) is 12.6 Å². The first-order valence-corrected chi connectivity index (χ1v) is 9.20. The van der Waals surface area contributed by atoms with Crippen LogP contribution in [0.2, 0.25) is 0 Å². The largest absolute Gasteiger partial charge is 0.337 e. The highest BCUT2D eigenvalue weighted by atomic mass is 32.1. The molecule has 0 aliphatic carbocycles. The smallest absolute Gasteiger partial charge is 0.321 e. The molecule has 4 aromatic rings. The number of amides is 2. The van der Waals surface area contributed by atoms with Gasteiger partial charge in [-0.15, -0.1) is 0 Å². The van der Waals surface area contributed by atoms with E-state index >= 15 is 0 Å². The number of fused-ring (bicyclic) bond motifs is 1. The molecule has 0 unspecified atom stereocenters.